The molecule has 1 aromatic rings. The highest BCUT2D eigenvalue weighted by Crippen LogP contribution is 2.08. The molecule has 0 fully saturated rings. The molecule has 0 unspecified atom stereocenters. The number of hydrogen-bond acceptors (Lipinski definition) is 3. The number of likely N-dealkylation sites (N-methyl/N-ethyl adjacent to an activating group) is 1. The molecular weight excluding hydrogens is 307 g/mol. The Hall–Kier alpha value is -1.18. The predicted molar refractivity (Wildman–Crippen MR) is 76.8 cm³/mol. The van der Waals surface area contributed by atoms with Crippen LogP contribution in [0.4, 0.5) is 10.1 Å². The molecule has 1 amide bonds. The fourth-order valence-corrected chi connectivity index (χ4v) is 2.85. The number of hydrogen-bond donors (Lipinski definition) is 1. The minimum Gasteiger partial charge on any atom is -0.325 e. The summed E-state index contributed by atoms with van der Waals surface area (Å²) in [7, 11) is -2.16. The van der Waals surface area contributed by atoms with Crippen molar-refractivity contribution in [2.75, 3.05) is 30.5 Å². The van der Waals surface area contributed by atoms with Crippen molar-refractivity contribution in [2.24, 2.45) is 0 Å². The van der Waals surface area contributed by atoms with Crippen molar-refractivity contribution in [3.8, 4) is 0 Å². The molecule has 112 valence electrons. The average molecular weight is 323 g/mol. The molecule has 0 saturated heterocycles. The summed E-state index contributed by atoms with van der Waals surface area (Å²) in [6.07, 6.45) is 0.327. The van der Waals surface area contributed by atoms with Crippen LogP contribution in [-0.4, -0.2) is 43.9 Å². The first-order chi connectivity index (χ1) is 9.35. The molecule has 1 N–H and O–H groups in total. The Labute approximate surface area is 122 Å². The van der Waals surface area contributed by atoms with Crippen LogP contribution in [0.1, 0.15) is 6.42 Å². The molecule has 0 atom stereocenters. The first-order valence-corrected chi connectivity index (χ1v) is 8.05. The van der Waals surface area contributed by atoms with Crippen molar-refractivity contribution in [3.63, 3.8) is 0 Å². The molecule has 0 heterocycles. The Morgan fingerprint density at radius 3 is 2.50 bits per heavy atom. The topological polar surface area (TPSA) is 66.5 Å². The van der Waals surface area contributed by atoms with Crippen LogP contribution in [0.5, 0.6) is 0 Å². The van der Waals surface area contributed by atoms with Gasteiger partial charge in [-0.3, -0.25) is 4.79 Å². The zero-order valence-corrected chi connectivity index (χ0v) is 12.5. The van der Waals surface area contributed by atoms with Crippen LogP contribution < -0.4 is 5.32 Å². The number of nitrogens with one attached hydrogen (secondary N) is 1. The Bertz CT molecular complexity index is 548. The SMILES string of the molecule is CN(CC(=O)Nc1ccc(F)cc1)S(=O)(=O)CCCCl. The van der Waals surface area contributed by atoms with Gasteiger partial charge in [-0.15, -0.1) is 11.6 Å². The zero-order valence-electron chi connectivity index (χ0n) is 11.0. The van der Waals surface area contributed by atoms with Gasteiger partial charge < -0.3 is 5.32 Å². The third-order valence-electron chi connectivity index (χ3n) is 2.51. The van der Waals surface area contributed by atoms with Crippen LogP contribution in [0.15, 0.2) is 24.3 Å². The van der Waals surface area contributed by atoms with E-state index in [4.69, 9.17) is 11.6 Å². The molecule has 1 rings (SSSR count). The van der Waals surface area contributed by atoms with Gasteiger partial charge in [0.05, 0.1) is 12.3 Å². The van der Waals surface area contributed by atoms with E-state index in [9.17, 15) is 17.6 Å². The summed E-state index contributed by atoms with van der Waals surface area (Å²) >= 11 is 5.45. The summed E-state index contributed by atoms with van der Waals surface area (Å²) < 4.78 is 37.2. The normalized spacial score (nSPS) is 11.6. The van der Waals surface area contributed by atoms with Crippen LogP contribution in [0, 0.1) is 5.82 Å². The van der Waals surface area contributed by atoms with Gasteiger partial charge in [0.15, 0.2) is 0 Å². The number of rotatable bonds is 7. The molecule has 0 spiro atoms. The molecule has 5 nitrogen and oxygen atoms in total. The number of benzene rings is 1. The minimum absolute atomic E-state index is 0.100. The van der Waals surface area contributed by atoms with Crippen molar-refractivity contribution in [3.05, 3.63) is 30.1 Å². The lowest BCUT2D eigenvalue weighted by atomic mass is 10.3. The Kier molecular flexibility index (Phi) is 6.38. The van der Waals surface area contributed by atoms with Gasteiger partial charge in [0.2, 0.25) is 15.9 Å². The Morgan fingerprint density at radius 1 is 1.35 bits per heavy atom. The highest BCUT2D eigenvalue weighted by atomic mass is 35.5. The lowest BCUT2D eigenvalue weighted by molar-refractivity contribution is -0.116. The smallest absolute Gasteiger partial charge is 0.239 e. The lowest BCUT2D eigenvalue weighted by Crippen LogP contribution is -2.36. The van der Waals surface area contributed by atoms with Gasteiger partial charge in [-0.2, -0.15) is 4.31 Å². The van der Waals surface area contributed by atoms with E-state index in [2.05, 4.69) is 5.32 Å². The van der Waals surface area contributed by atoms with Crippen LogP contribution >= 0.6 is 11.6 Å². The molecule has 0 aliphatic carbocycles. The second-order valence-electron chi connectivity index (χ2n) is 4.17. The maximum Gasteiger partial charge on any atom is 0.239 e. The number of nitrogens with zero attached hydrogens (tertiary/aromatic N) is 1. The molecule has 0 bridgehead atoms. The molecule has 0 aliphatic heterocycles. The zero-order chi connectivity index (χ0) is 15.2. The van der Waals surface area contributed by atoms with E-state index >= 15 is 0 Å². The van der Waals surface area contributed by atoms with Gasteiger partial charge in [0, 0.05) is 18.6 Å². The summed E-state index contributed by atoms with van der Waals surface area (Å²) in [5, 5.41) is 2.49. The first kappa shape index (κ1) is 16.9. The second kappa shape index (κ2) is 7.56. The van der Waals surface area contributed by atoms with E-state index in [1.165, 1.54) is 31.3 Å². The Morgan fingerprint density at radius 2 is 1.95 bits per heavy atom. The van der Waals surface area contributed by atoms with Gasteiger partial charge in [0.1, 0.15) is 5.82 Å². The number of alkyl halides is 1. The molecule has 0 radical (unpaired) electrons. The highest BCUT2D eigenvalue weighted by molar-refractivity contribution is 7.89. The van der Waals surface area contributed by atoms with Crippen LogP contribution in [0.2, 0.25) is 0 Å². The maximum absolute atomic E-state index is 12.7. The summed E-state index contributed by atoms with van der Waals surface area (Å²) in [6, 6.07) is 5.21. The number of sulfonamides is 1. The summed E-state index contributed by atoms with van der Waals surface area (Å²) in [4.78, 5) is 11.7. The van der Waals surface area contributed by atoms with E-state index in [1.807, 2.05) is 0 Å². The van der Waals surface area contributed by atoms with E-state index in [0.29, 0.717) is 12.1 Å². The number of carbonyl (C=O) groups excluding carboxylic acids is 1. The van der Waals surface area contributed by atoms with Gasteiger partial charge in [0.25, 0.3) is 0 Å². The summed E-state index contributed by atoms with van der Waals surface area (Å²) in [5.74, 6) is -0.761. The summed E-state index contributed by atoms with van der Waals surface area (Å²) in [5.41, 5.74) is 0.406. The third-order valence-corrected chi connectivity index (χ3v) is 4.66. The number of amides is 1. The second-order valence-corrected chi connectivity index (χ2v) is 6.74. The van der Waals surface area contributed by atoms with Gasteiger partial charge in [-0.25, -0.2) is 12.8 Å². The molecule has 0 saturated carbocycles. The molecular formula is C12H16ClFN2O3S. The maximum atomic E-state index is 12.7. The monoisotopic (exact) mass is 322 g/mol. The van der Waals surface area contributed by atoms with E-state index in [0.717, 1.165) is 4.31 Å². The Balaban J connectivity index is 2.55. The van der Waals surface area contributed by atoms with Crippen molar-refractivity contribution in [1.82, 2.24) is 4.31 Å². The number of halogens is 2. The standard InChI is InChI=1S/C12H16ClFN2O3S/c1-16(20(18,19)8-2-7-13)9-12(17)15-11-5-3-10(14)4-6-11/h3-6H,2,7-9H2,1H3,(H,15,17). The highest BCUT2D eigenvalue weighted by Gasteiger charge is 2.19. The van der Waals surface area contributed by atoms with Crippen LogP contribution in [0.3, 0.4) is 0 Å². The molecule has 0 aliphatic rings. The molecule has 0 aromatic heterocycles. The van der Waals surface area contributed by atoms with Crippen molar-refractivity contribution < 1.29 is 17.6 Å². The minimum atomic E-state index is -3.49. The number of anilines is 1. The third kappa shape index (κ3) is 5.44. The molecule has 1 aromatic carbocycles. The van der Waals surface area contributed by atoms with Crippen molar-refractivity contribution >= 4 is 33.2 Å². The first-order valence-electron chi connectivity index (χ1n) is 5.90. The lowest BCUT2D eigenvalue weighted by Gasteiger charge is -2.16. The largest absolute Gasteiger partial charge is 0.325 e. The average Bonchev–Trinajstić information content (AvgIpc) is 2.39. The fourth-order valence-electron chi connectivity index (χ4n) is 1.43. The van der Waals surface area contributed by atoms with Gasteiger partial charge in [-0.1, -0.05) is 0 Å². The van der Waals surface area contributed by atoms with Gasteiger partial charge >= 0.3 is 0 Å². The summed E-state index contributed by atoms with van der Waals surface area (Å²) in [6.45, 7) is -0.304. The molecule has 8 heteroatoms. The van der Waals surface area contributed by atoms with Gasteiger partial charge in [-0.05, 0) is 30.7 Å². The van der Waals surface area contributed by atoms with Crippen LogP contribution in [-0.2, 0) is 14.8 Å². The quantitative estimate of drug-likeness (QED) is 0.776. The van der Waals surface area contributed by atoms with Crippen LogP contribution in [0.25, 0.3) is 0 Å². The molecule has 20 heavy (non-hydrogen) atoms. The van der Waals surface area contributed by atoms with Crippen molar-refractivity contribution in [2.45, 2.75) is 6.42 Å². The fraction of sp³-hybridized carbons (Fsp3) is 0.417. The van der Waals surface area contributed by atoms with E-state index < -0.39 is 21.7 Å². The predicted octanol–water partition coefficient (Wildman–Crippen LogP) is 1.65. The van der Waals surface area contributed by atoms with Crippen molar-refractivity contribution in [1.29, 1.82) is 0 Å². The van der Waals surface area contributed by atoms with E-state index in [1.54, 1.807) is 0 Å². The van der Waals surface area contributed by atoms with E-state index in [-0.39, 0.29) is 18.2 Å². The number of carbonyl (C=O) groups is 1.